The van der Waals surface area contributed by atoms with Crippen LogP contribution in [0.5, 0.6) is 0 Å². The van der Waals surface area contributed by atoms with Crippen molar-refractivity contribution in [3.63, 3.8) is 0 Å². The van der Waals surface area contributed by atoms with Crippen LogP contribution < -0.4 is 11.3 Å². The van der Waals surface area contributed by atoms with Crippen molar-refractivity contribution in [1.82, 2.24) is 14.8 Å². The molecule has 0 radical (unpaired) electrons. The number of pyridine rings is 1. The highest BCUT2D eigenvalue weighted by atomic mass is 16.1. The molecule has 0 spiro atoms. The topological polar surface area (TPSA) is 76.7 Å². The molecule has 84 valence electrons. The minimum Gasteiger partial charge on any atom is -0.393 e. The van der Waals surface area contributed by atoms with Crippen molar-refractivity contribution in [2.24, 2.45) is 0 Å². The van der Waals surface area contributed by atoms with Crippen LogP contribution in [-0.4, -0.2) is 14.8 Å². The van der Waals surface area contributed by atoms with Crippen molar-refractivity contribution in [3.05, 3.63) is 40.6 Å². The SMILES string of the molecule is CCCc1[nH]n(-c2ccncc2)c(=O)c1N. The molecule has 2 heterocycles. The number of anilines is 1. The first-order valence-corrected chi connectivity index (χ1v) is 5.23. The third-order valence-electron chi connectivity index (χ3n) is 2.43. The van der Waals surface area contributed by atoms with E-state index in [0.717, 1.165) is 24.2 Å². The molecule has 3 N–H and O–H groups in total. The van der Waals surface area contributed by atoms with Gasteiger partial charge in [-0.25, -0.2) is 4.68 Å². The molecule has 0 aliphatic carbocycles. The fourth-order valence-corrected chi connectivity index (χ4v) is 1.61. The molecule has 16 heavy (non-hydrogen) atoms. The Bertz CT molecular complexity index is 527. The Morgan fingerprint density at radius 3 is 2.75 bits per heavy atom. The number of aryl methyl sites for hydroxylation is 1. The lowest BCUT2D eigenvalue weighted by Crippen LogP contribution is -2.16. The molecule has 0 unspecified atom stereocenters. The first-order chi connectivity index (χ1) is 7.74. The number of nitrogens with two attached hydrogens (primary N) is 1. The predicted octanol–water partition coefficient (Wildman–Crippen LogP) is 1.10. The van der Waals surface area contributed by atoms with Crippen LogP contribution in [0, 0.1) is 0 Å². The van der Waals surface area contributed by atoms with Crippen LogP contribution >= 0.6 is 0 Å². The van der Waals surface area contributed by atoms with Crippen LogP contribution in [0.1, 0.15) is 19.0 Å². The van der Waals surface area contributed by atoms with E-state index in [-0.39, 0.29) is 5.56 Å². The third kappa shape index (κ3) is 1.71. The lowest BCUT2D eigenvalue weighted by atomic mass is 10.2. The minimum absolute atomic E-state index is 0.199. The normalized spacial score (nSPS) is 10.6. The maximum absolute atomic E-state index is 11.9. The van der Waals surface area contributed by atoms with Crippen LogP contribution in [0.4, 0.5) is 5.69 Å². The Kier molecular flexibility index (Phi) is 2.76. The van der Waals surface area contributed by atoms with Crippen molar-refractivity contribution in [2.75, 3.05) is 5.73 Å². The van der Waals surface area contributed by atoms with Crippen molar-refractivity contribution >= 4 is 5.69 Å². The minimum atomic E-state index is -0.199. The van der Waals surface area contributed by atoms with Crippen LogP contribution in [0.25, 0.3) is 5.69 Å². The van der Waals surface area contributed by atoms with Gasteiger partial charge in [0.1, 0.15) is 5.69 Å². The van der Waals surface area contributed by atoms with Crippen LogP contribution in [0.15, 0.2) is 29.3 Å². The van der Waals surface area contributed by atoms with E-state index in [1.165, 1.54) is 4.68 Å². The number of aromatic nitrogens is 3. The molecule has 0 atom stereocenters. The number of nitrogens with zero attached hydrogens (tertiary/aromatic N) is 2. The molecule has 0 aliphatic rings. The lowest BCUT2D eigenvalue weighted by Gasteiger charge is -1.99. The number of rotatable bonds is 3. The van der Waals surface area contributed by atoms with Crippen molar-refractivity contribution in [1.29, 1.82) is 0 Å². The van der Waals surface area contributed by atoms with E-state index in [1.54, 1.807) is 24.5 Å². The Morgan fingerprint density at radius 2 is 2.12 bits per heavy atom. The summed E-state index contributed by atoms with van der Waals surface area (Å²) in [6.07, 6.45) is 5.00. The molecule has 0 saturated carbocycles. The van der Waals surface area contributed by atoms with Crippen molar-refractivity contribution < 1.29 is 0 Å². The quantitative estimate of drug-likeness (QED) is 0.809. The zero-order valence-electron chi connectivity index (χ0n) is 9.10. The van der Waals surface area contributed by atoms with Gasteiger partial charge in [0.15, 0.2) is 0 Å². The molecule has 2 aromatic heterocycles. The van der Waals surface area contributed by atoms with Gasteiger partial charge >= 0.3 is 0 Å². The Hall–Kier alpha value is -2.04. The van der Waals surface area contributed by atoms with E-state index in [4.69, 9.17) is 5.73 Å². The van der Waals surface area contributed by atoms with Crippen molar-refractivity contribution in [3.8, 4) is 5.69 Å². The monoisotopic (exact) mass is 218 g/mol. The maximum atomic E-state index is 11.9. The van der Waals surface area contributed by atoms with Gasteiger partial charge in [-0.3, -0.25) is 14.9 Å². The largest absolute Gasteiger partial charge is 0.393 e. The molecule has 2 rings (SSSR count). The predicted molar refractivity (Wildman–Crippen MR) is 62.6 cm³/mol. The molecule has 0 amide bonds. The number of hydrogen-bond acceptors (Lipinski definition) is 3. The second-order valence-electron chi connectivity index (χ2n) is 3.60. The van der Waals surface area contributed by atoms with Gasteiger partial charge in [-0.15, -0.1) is 0 Å². The van der Waals surface area contributed by atoms with E-state index in [9.17, 15) is 4.79 Å². The second-order valence-corrected chi connectivity index (χ2v) is 3.60. The Labute approximate surface area is 92.9 Å². The maximum Gasteiger partial charge on any atom is 0.294 e. The van der Waals surface area contributed by atoms with Gasteiger partial charge in [-0.2, -0.15) is 0 Å². The summed E-state index contributed by atoms with van der Waals surface area (Å²) in [5.41, 5.74) is 7.39. The molecule has 0 aromatic carbocycles. The fourth-order valence-electron chi connectivity index (χ4n) is 1.61. The molecule has 2 aromatic rings. The average molecular weight is 218 g/mol. The molecule has 5 heteroatoms. The number of H-pyrrole nitrogens is 1. The van der Waals surface area contributed by atoms with E-state index in [1.807, 2.05) is 6.92 Å². The zero-order chi connectivity index (χ0) is 11.5. The Morgan fingerprint density at radius 1 is 1.44 bits per heavy atom. The summed E-state index contributed by atoms with van der Waals surface area (Å²) in [7, 11) is 0. The molecular formula is C11H14N4O. The lowest BCUT2D eigenvalue weighted by molar-refractivity contribution is 0.792. The summed E-state index contributed by atoms with van der Waals surface area (Å²) in [5, 5.41) is 3.02. The van der Waals surface area contributed by atoms with E-state index < -0.39 is 0 Å². The van der Waals surface area contributed by atoms with Gasteiger partial charge in [-0.1, -0.05) is 13.3 Å². The molecular weight excluding hydrogens is 204 g/mol. The van der Waals surface area contributed by atoms with Crippen LogP contribution in [-0.2, 0) is 6.42 Å². The molecule has 0 saturated heterocycles. The summed E-state index contributed by atoms with van der Waals surface area (Å²) in [4.78, 5) is 15.8. The highest BCUT2D eigenvalue weighted by Gasteiger charge is 2.10. The van der Waals surface area contributed by atoms with Gasteiger partial charge in [0, 0.05) is 12.4 Å². The standard InChI is InChI=1S/C11H14N4O/c1-2-3-9-10(12)11(16)15(14-9)8-4-6-13-7-5-8/h4-7,14H,2-3,12H2,1H3. The molecule has 0 fully saturated rings. The number of aromatic amines is 1. The van der Waals surface area contributed by atoms with Gasteiger partial charge in [0.25, 0.3) is 5.56 Å². The molecule has 0 aliphatic heterocycles. The van der Waals surface area contributed by atoms with E-state index in [0.29, 0.717) is 5.69 Å². The highest BCUT2D eigenvalue weighted by molar-refractivity contribution is 5.44. The third-order valence-corrected chi connectivity index (χ3v) is 2.43. The summed E-state index contributed by atoms with van der Waals surface area (Å²) in [5.74, 6) is 0. The zero-order valence-corrected chi connectivity index (χ0v) is 9.10. The second kappa shape index (κ2) is 4.22. The number of hydrogen-bond donors (Lipinski definition) is 2. The highest BCUT2D eigenvalue weighted by Crippen LogP contribution is 2.09. The Balaban J connectivity index is 2.51. The molecule has 0 bridgehead atoms. The van der Waals surface area contributed by atoms with Gasteiger partial charge < -0.3 is 5.73 Å². The van der Waals surface area contributed by atoms with Gasteiger partial charge in [0.05, 0.1) is 11.4 Å². The van der Waals surface area contributed by atoms with Crippen LogP contribution in [0.3, 0.4) is 0 Å². The number of nitrogens with one attached hydrogen (secondary N) is 1. The van der Waals surface area contributed by atoms with Crippen molar-refractivity contribution in [2.45, 2.75) is 19.8 Å². The summed E-state index contributed by atoms with van der Waals surface area (Å²) in [6, 6.07) is 3.51. The summed E-state index contributed by atoms with van der Waals surface area (Å²) >= 11 is 0. The van der Waals surface area contributed by atoms with E-state index in [2.05, 4.69) is 10.1 Å². The van der Waals surface area contributed by atoms with Gasteiger partial charge in [-0.05, 0) is 18.6 Å². The summed E-state index contributed by atoms with van der Waals surface area (Å²) in [6.45, 7) is 2.04. The average Bonchev–Trinajstić information content (AvgIpc) is 2.59. The first-order valence-electron chi connectivity index (χ1n) is 5.23. The van der Waals surface area contributed by atoms with E-state index >= 15 is 0 Å². The van der Waals surface area contributed by atoms with Crippen LogP contribution in [0.2, 0.25) is 0 Å². The first kappa shape index (κ1) is 10.5. The summed E-state index contributed by atoms with van der Waals surface area (Å²) < 4.78 is 1.45. The fraction of sp³-hybridized carbons (Fsp3) is 0.273. The van der Waals surface area contributed by atoms with Gasteiger partial charge in [0.2, 0.25) is 0 Å². The smallest absolute Gasteiger partial charge is 0.294 e. The molecule has 5 nitrogen and oxygen atoms in total. The number of nitrogen functional groups attached to an aromatic ring is 1.